The van der Waals surface area contributed by atoms with Gasteiger partial charge in [-0.15, -0.1) is 0 Å². The van der Waals surface area contributed by atoms with Crippen LogP contribution in [0.5, 0.6) is 5.75 Å². The van der Waals surface area contributed by atoms with Crippen LogP contribution in [0.1, 0.15) is 24.3 Å². The number of benzene rings is 2. The lowest BCUT2D eigenvalue weighted by Crippen LogP contribution is -2.14. The number of carbonyl (C=O) groups is 1. The second-order valence-corrected chi connectivity index (χ2v) is 7.08. The Bertz CT molecular complexity index is 1170. The van der Waals surface area contributed by atoms with Crippen molar-refractivity contribution in [1.29, 1.82) is 0 Å². The van der Waals surface area contributed by atoms with E-state index in [1.54, 1.807) is 18.5 Å². The maximum absolute atomic E-state index is 12.8. The number of ether oxygens (including phenoxy) is 1. The van der Waals surface area contributed by atoms with Crippen molar-refractivity contribution in [3.8, 4) is 5.75 Å². The molecule has 30 heavy (non-hydrogen) atoms. The van der Waals surface area contributed by atoms with Gasteiger partial charge < -0.3 is 15.4 Å². The van der Waals surface area contributed by atoms with Crippen molar-refractivity contribution < 1.29 is 9.53 Å². The molecule has 0 fully saturated rings. The fourth-order valence-electron chi connectivity index (χ4n) is 3.08. The molecule has 2 N–H and O–H groups in total. The summed E-state index contributed by atoms with van der Waals surface area (Å²) >= 11 is 0. The lowest BCUT2D eigenvalue weighted by Gasteiger charge is -2.12. The molecule has 2 aromatic heterocycles. The Morgan fingerprint density at radius 2 is 1.70 bits per heavy atom. The molecule has 0 saturated carbocycles. The van der Waals surface area contributed by atoms with Crippen molar-refractivity contribution in [3.63, 3.8) is 0 Å². The van der Waals surface area contributed by atoms with Crippen molar-refractivity contribution in [2.75, 3.05) is 10.6 Å². The first kappa shape index (κ1) is 19.4. The van der Waals surface area contributed by atoms with Gasteiger partial charge in [-0.05, 0) is 62.4 Å². The van der Waals surface area contributed by atoms with E-state index in [-0.39, 0.29) is 12.0 Å². The van der Waals surface area contributed by atoms with Crippen LogP contribution < -0.4 is 15.4 Å². The molecule has 6 nitrogen and oxygen atoms in total. The first-order chi connectivity index (χ1) is 14.6. The molecule has 6 heteroatoms. The molecular weight excluding hydrogens is 376 g/mol. The van der Waals surface area contributed by atoms with Gasteiger partial charge in [-0.2, -0.15) is 0 Å². The minimum absolute atomic E-state index is 0.127. The minimum atomic E-state index is -0.294. The fourth-order valence-corrected chi connectivity index (χ4v) is 3.08. The zero-order valence-corrected chi connectivity index (χ0v) is 16.8. The average Bonchev–Trinajstić information content (AvgIpc) is 2.75. The van der Waals surface area contributed by atoms with Gasteiger partial charge in [0.25, 0.3) is 5.91 Å². The number of anilines is 3. The first-order valence-electron chi connectivity index (χ1n) is 9.73. The van der Waals surface area contributed by atoms with Crippen molar-refractivity contribution in [2.24, 2.45) is 0 Å². The van der Waals surface area contributed by atoms with Gasteiger partial charge in [0.15, 0.2) is 0 Å². The van der Waals surface area contributed by atoms with E-state index in [1.165, 1.54) is 0 Å². The van der Waals surface area contributed by atoms with E-state index in [2.05, 4.69) is 20.6 Å². The van der Waals surface area contributed by atoms with E-state index >= 15 is 0 Å². The second-order valence-electron chi connectivity index (χ2n) is 7.08. The highest BCUT2D eigenvalue weighted by molar-refractivity contribution is 6.07. The van der Waals surface area contributed by atoms with Gasteiger partial charge in [0.1, 0.15) is 11.4 Å². The summed E-state index contributed by atoms with van der Waals surface area (Å²) in [6, 6.07) is 20.7. The minimum Gasteiger partial charge on any atom is -0.491 e. The van der Waals surface area contributed by atoms with E-state index in [4.69, 9.17) is 4.74 Å². The summed E-state index contributed by atoms with van der Waals surface area (Å²) in [5.74, 6) is 0.520. The molecule has 0 aliphatic heterocycles. The highest BCUT2D eigenvalue weighted by Gasteiger charge is 2.11. The van der Waals surface area contributed by atoms with Gasteiger partial charge in [-0.3, -0.25) is 14.8 Å². The number of hydrogen-bond donors (Lipinski definition) is 2. The molecular formula is C24H22N4O2. The molecule has 0 aliphatic carbocycles. The van der Waals surface area contributed by atoms with Crippen LogP contribution in [-0.2, 0) is 0 Å². The third kappa shape index (κ3) is 4.55. The molecule has 0 aliphatic rings. The number of hydrogen-bond acceptors (Lipinski definition) is 5. The van der Waals surface area contributed by atoms with Crippen LogP contribution in [0.2, 0.25) is 0 Å². The Balaban J connectivity index is 1.49. The van der Waals surface area contributed by atoms with Gasteiger partial charge in [0, 0.05) is 29.2 Å². The summed E-state index contributed by atoms with van der Waals surface area (Å²) in [5.41, 5.74) is 3.36. The largest absolute Gasteiger partial charge is 0.491 e. The topological polar surface area (TPSA) is 76.1 Å². The average molecular weight is 398 g/mol. The predicted molar refractivity (Wildman–Crippen MR) is 119 cm³/mol. The molecule has 0 spiro atoms. The maximum Gasteiger partial charge on any atom is 0.274 e. The van der Waals surface area contributed by atoms with Crippen LogP contribution in [-0.4, -0.2) is 22.0 Å². The first-order valence-corrected chi connectivity index (χ1v) is 9.73. The van der Waals surface area contributed by atoms with Gasteiger partial charge in [0.05, 0.1) is 17.3 Å². The molecule has 0 atom stereocenters. The van der Waals surface area contributed by atoms with E-state index < -0.39 is 0 Å². The monoisotopic (exact) mass is 398 g/mol. The summed E-state index contributed by atoms with van der Waals surface area (Å²) in [7, 11) is 0. The molecule has 0 radical (unpaired) electrons. The summed E-state index contributed by atoms with van der Waals surface area (Å²) < 4.78 is 5.66. The number of fused-ring (bicyclic) bond motifs is 1. The quantitative estimate of drug-likeness (QED) is 0.454. The van der Waals surface area contributed by atoms with Gasteiger partial charge in [-0.25, -0.2) is 0 Å². The maximum atomic E-state index is 12.8. The lowest BCUT2D eigenvalue weighted by atomic mass is 10.2. The zero-order valence-electron chi connectivity index (χ0n) is 16.8. The van der Waals surface area contributed by atoms with E-state index in [0.29, 0.717) is 11.4 Å². The number of para-hydroxylation sites is 1. The standard InChI is InChI=1S/C24H22N4O2/c1-16(2)30-20-10-8-18(9-11-20)27-19-12-14-25-22(15-19)24(29)28-21-7-3-5-17-6-4-13-26-23(17)21/h3-16H,1-2H3,(H,25,27)(H,28,29). The molecule has 2 aromatic carbocycles. The zero-order chi connectivity index (χ0) is 20.9. The van der Waals surface area contributed by atoms with Gasteiger partial charge >= 0.3 is 0 Å². The van der Waals surface area contributed by atoms with Crippen molar-refractivity contribution >= 4 is 33.9 Å². The van der Waals surface area contributed by atoms with Crippen molar-refractivity contribution in [2.45, 2.75) is 20.0 Å². The second kappa shape index (κ2) is 8.61. The smallest absolute Gasteiger partial charge is 0.274 e. The number of pyridine rings is 2. The van der Waals surface area contributed by atoms with E-state index in [0.717, 1.165) is 28.0 Å². The third-order valence-corrected chi connectivity index (χ3v) is 4.39. The molecule has 0 saturated heterocycles. The van der Waals surface area contributed by atoms with Gasteiger partial charge in [-0.1, -0.05) is 18.2 Å². The Kier molecular flexibility index (Phi) is 5.57. The summed E-state index contributed by atoms with van der Waals surface area (Å²) in [6.45, 7) is 3.98. The fraction of sp³-hybridized carbons (Fsp3) is 0.125. The molecule has 2 heterocycles. The summed E-state index contributed by atoms with van der Waals surface area (Å²) in [5, 5.41) is 7.16. The number of nitrogens with one attached hydrogen (secondary N) is 2. The van der Waals surface area contributed by atoms with Crippen LogP contribution in [0.15, 0.2) is 79.1 Å². The highest BCUT2D eigenvalue weighted by atomic mass is 16.5. The number of carbonyl (C=O) groups excluding carboxylic acids is 1. The summed E-state index contributed by atoms with van der Waals surface area (Å²) in [4.78, 5) is 21.3. The summed E-state index contributed by atoms with van der Waals surface area (Å²) in [6.07, 6.45) is 3.44. The number of aromatic nitrogens is 2. The Morgan fingerprint density at radius 3 is 2.50 bits per heavy atom. The Labute approximate surface area is 175 Å². The van der Waals surface area contributed by atoms with Gasteiger partial charge in [0.2, 0.25) is 0 Å². The van der Waals surface area contributed by atoms with Crippen LogP contribution in [0.25, 0.3) is 10.9 Å². The molecule has 150 valence electrons. The molecule has 0 bridgehead atoms. The number of rotatable bonds is 6. The van der Waals surface area contributed by atoms with Crippen LogP contribution in [0.3, 0.4) is 0 Å². The normalized spacial score (nSPS) is 10.8. The van der Waals surface area contributed by atoms with Crippen molar-refractivity contribution in [3.05, 3.63) is 84.8 Å². The van der Waals surface area contributed by atoms with E-state index in [1.807, 2.05) is 74.5 Å². The van der Waals surface area contributed by atoms with Crippen LogP contribution in [0, 0.1) is 0 Å². The van der Waals surface area contributed by atoms with Crippen molar-refractivity contribution in [1.82, 2.24) is 9.97 Å². The lowest BCUT2D eigenvalue weighted by molar-refractivity contribution is 0.102. The Hall–Kier alpha value is -3.93. The predicted octanol–water partition coefficient (Wildman–Crippen LogP) is 5.41. The number of amides is 1. The van der Waals surface area contributed by atoms with E-state index in [9.17, 15) is 4.79 Å². The van der Waals surface area contributed by atoms with Crippen LogP contribution in [0.4, 0.5) is 17.1 Å². The highest BCUT2D eigenvalue weighted by Crippen LogP contribution is 2.23. The third-order valence-electron chi connectivity index (χ3n) is 4.39. The molecule has 0 unspecified atom stereocenters. The molecule has 4 rings (SSSR count). The van der Waals surface area contributed by atoms with Crippen LogP contribution >= 0.6 is 0 Å². The molecule has 1 amide bonds. The number of nitrogens with zero attached hydrogens (tertiary/aromatic N) is 2. The SMILES string of the molecule is CC(C)Oc1ccc(Nc2ccnc(C(=O)Nc3cccc4cccnc34)c2)cc1. The Morgan fingerprint density at radius 1 is 0.900 bits per heavy atom. The molecule has 4 aromatic rings.